The molecule has 0 aliphatic rings. The van der Waals surface area contributed by atoms with Crippen molar-refractivity contribution in [3.63, 3.8) is 0 Å². The highest BCUT2D eigenvalue weighted by Gasteiger charge is 2.16. The van der Waals surface area contributed by atoms with Crippen LogP contribution < -0.4 is 10.6 Å². The summed E-state index contributed by atoms with van der Waals surface area (Å²) in [6.07, 6.45) is -2.94. The highest BCUT2D eigenvalue weighted by molar-refractivity contribution is 5.67. The van der Waals surface area contributed by atoms with E-state index in [0.717, 1.165) is 5.56 Å². The number of hydrogen-bond donors (Lipinski definition) is 2. The lowest BCUT2D eigenvalue weighted by molar-refractivity contribution is 0.0523. The number of hydrogen-bond acceptors (Lipinski definition) is 3. The molecule has 0 radical (unpaired) electrons. The number of alkyl carbamates (subject to hydrolysis) is 1. The quantitative estimate of drug-likeness (QED) is 0.843. The SMILES string of the molecule is CC(CNC(=O)OC(C)(C)C)NCc1cccc(C(F)F)c1. The molecule has 4 nitrogen and oxygen atoms in total. The summed E-state index contributed by atoms with van der Waals surface area (Å²) in [7, 11) is 0. The molecule has 0 aliphatic carbocycles. The third kappa shape index (κ3) is 7.36. The lowest BCUT2D eigenvalue weighted by atomic mass is 10.1. The van der Waals surface area contributed by atoms with Gasteiger partial charge in [-0.2, -0.15) is 0 Å². The van der Waals surface area contributed by atoms with Gasteiger partial charge in [0.2, 0.25) is 0 Å². The zero-order chi connectivity index (χ0) is 16.8. The molecule has 1 unspecified atom stereocenters. The monoisotopic (exact) mass is 314 g/mol. The maximum atomic E-state index is 12.6. The number of halogens is 2. The Hall–Kier alpha value is -1.69. The molecule has 0 saturated carbocycles. The molecule has 0 aliphatic heterocycles. The molecule has 1 atom stereocenters. The summed E-state index contributed by atoms with van der Waals surface area (Å²) >= 11 is 0. The van der Waals surface area contributed by atoms with Gasteiger partial charge in [-0.15, -0.1) is 0 Å². The minimum atomic E-state index is -2.47. The summed E-state index contributed by atoms with van der Waals surface area (Å²) in [6, 6.07) is 6.27. The molecule has 124 valence electrons. The van der Waals surface area contributed by atoms with E-state index in [1.54, 1.807) is 32.9 Å². The number of carbonyl (C=O) groups excluding carboxylic acids is 1. The van der Waals surface area contributed by atoms with E-state index >= 15 is 0 Å². The normalized spacial score (nSPS) is 13.0. The van der Waals surface area contributed by atoms with Crippen molar-refractivity contribution in [2.75, 3.05) is 6.54 Å². The molecule has 1 aromatic rings. The van der Waals surface area contributed by atoms with Crippen LogP contribution in [0.25, 0.3) is 0 Å². The molecule has 1 amide bonds. The first-order valence-electron chi connectivity index (χ1n) is 7.24. The molecule has 0 aromatic heterocycles. The highest BCUT2D eigenvalue weighted by Crippen LogP contribution is 2.19. The van der Waals surface area contributed by atoms with Crippen LogP contribution in [0.4, 0.5) is 13.6 Å². The van der Waals surface area contributed by atoms with Gasteiger partial charge in [0.05, 0.1) is 0 Å². The first-order chi connectivity index (χ1) is 10.2. The van der Waals surface area contributed by atoms with Gasteiger partial charge in [0, 0.05) is 24.7 Å². The summed E-state index contributed by atoms with van der Waals surface area (Å²) in [4.78, 5) is 11.5. The minimum Gasteiger partial charge on any atom is -0.444 e. The van der Waals surface area contributed by atoms with Crippen molar-refractivity contribution in [2.45, 2.75) is 52.3 Å². The Labute approximate surface area is 130 Å². The van der Waals surface area contributed by atoms with E-state index in [9.17, 15) is 13.6 Å². The van der Waals surface area contributed by atoms with E-state index in [-0.39, 0.29) is 11.6 Å². The second kappa shape index (κ2) is 8.08. The standard InChI is InChI=1S/C16H24F2N2O2/c1-11(9-20-15(21)22-16(2,3)4)19-10-12-6-5-7-13(8-12)14(17)18/h5-8,11,14,19H,9-10H2,1-4H3,(H,20,21). The Morgan fingerprint density at radius 1 is 1.32 bits per heavy atom. The van der Waals surface area contributed by atoms with Crippen LogP contribution in [0, 0.1) is 0 Å². The van der Waals surface area contributed by atoms with Gasteiger partial charge in [0.1, 0.15) is 5.60 Å². The van der Waals surface area contributed by atoms with E-state index in [2.05, 4.69) is 10.6 Å². The first-order valence-corrected chi connectivity index (χ1v) is 7.24. The Morgan fingerprint density at radius 3 is 2.59 bits per heavy atom. The minimum absolute atomic E-state index is 0.0114. The molecular weight excluding hydrogens is 290 g/mol. The Balaban J connectivity index is 2.35. The van der Waals surface area contributed by atoms with Gasteiger partial charge in [-0.1, -0.05) is 18.2 Å². The van der Waals surface area contributed by atoms with Crippen molar-refractivity contribution < 1.29 is 18.3 Å². The van der Waals surface area contributed by atoms with Gasteiger partial charge in [0.15, 0.2) is 0 Å². The molecule has 0 fully saturated rings. The molecule has 22 heavy (non-hydrogen) atoms. The van der Waals surface area contributed by atoms with Crippen molar-refractivity contribution in [3.05, 3.63) is 35.4 Å². The number of alkyl halides is 2. The van der Waals surface area contributed by atoms with Crippen LogP contribution in [0.15, 0.2) is 24.3 Å². The van der Waals surface area contributed by atoms with E-state index in [1.165, 1.54) is 12.1 Å². The van der Waals surface area contributed by atoms with Crippen LogP contribution in [-0.2, 0) is 11.3 Å². The fraction of sp³-hybridized carbons (Fsp3) is 0.562. The Bertz CT molecular complexity index is 487. The van der Waals surface area contributed by atoms with Gasteiger partial charge in [0.25, 0.3) is 6.43 Å². The van der Waals surface area contributed by atoms with Crippen LogP contribution >= 0.6 is 0 Å². The number of benzene rings is 1. The molecule has 0 saturated heterocycles. The predicted octanol–water partition coefficient (Wildman–Crippen LogP) is 3.63. The Kier molecular flexibility index (Phi) is 6.74. The zero-order valence-electron chi connectivity index (χ0n) is 13.5. The largest absolute Gasteiger partial charge is 0.444 e. The van der Waals surface area contributed by atoms with Gasteiger partial charge in [-0.25, -0.2) is 13.6 Å². The molecule has 6 heteroatoms. The molecule has 1 rings (SSSR count). The third-order valence-electron chi connectivity index (χ3n) is 2.81. The Morgan fingerprint density at radius 2 is 2.00 bits per heavy atom. The van der Waals surface area contributed by atoms with E-state index in [4.69, 9.17) is 4.74 Å². The van der Waals surface area contributed by atoms with Gasteiger partial charge >= 0.3 is 6.09 Å². The lowest BCUT2D eigenvalue weighted by Gasteiger charge is -2.21. The van der Waals surface area contributed by atoms with Crippen molar-refractivity contribution >= 4 is 6.09 Å². The fourth-order valence-electron chi connectivity index (χ4n) is 1.75. The molecule has 2 N–H and O–H groups in total. The van der Waals surface area contributed by atoms with E-state index in [1.807, 2.05) is 6.92 Å². The number of carbonyl (C=O) groups is 1. The summed E-state index contributed by atoms with van der Waals surface area (Å²) < 4.78 is 30.3. The second-order valence-corrected chi connectivity index (χ2v) is 6.21. The lowest BCUT2D eigenvalue weighted by Crippen LogP contribution is -2.41. The average Bonchev–Trinajstić information content (AvgIpc) is 2.41. The number of nitrogens with one attached hydrogen (secondary N) is 2. The van der Waals surface area contributed by atoms with Crippen LogP contribution in [0.1, 0.15) is 45.2 Å². The van der Waals surface area contributed by atoms with E-state index in [0.29, 0.717) is 13.1 Å². The van der Waals surface area contributed by atoms with Gasteiger partial charge in [-0.05, 0) is 39.3 Å². The third-order valence-corrected chi connectivity index (χ3v) is 2.81. The van der Waals surface area contributed by atoms with Crippen LogP contribution in [0.2, 0.25) is 0 Å². The highest BCUT2D eigenvalue weighted by atomic mass is 19.3. The fourth-order valence-corrected chi connectivity index (χ4v) is 1.75. The topological polar surface area (TPSA) is 50.4 Å². The summed E-state index contributed by atoms with van der Waals surface area (Å²) in [5.74, 6) is 0. The van der Waals surface area contributed by atoms with Crippen LogP contribution in [-0.4, -0.2) is 24.3 Å². The smallest absolute Gasteiger partial charge is 0.407 e. The van der Waals surface area contributed by atoms with Crippen molar-refractivity contribution in [3.8, 4) is 0 Å². The molecular formula is C16H24F2N2O2. The number of ether oxygens (including phenoxy) is 1. The van der Waals surface area contributed by atoms with Gasteiger partial charge < -0.3 is 15.4 Å². The molecule has 0 spiro atoms. The number of rotatable bonds is 6. The molecule has 0 heterocycles. The van der Waals surface area contributed by atoms with E-state index < -0.39 is 18.1 Å². The predicted molar refractivity (Wildman–Crippen MR) is 81.9 cm³/mol. The first kappa shape index (κ1) is 18.4. The van der Waals surface area contributed by atoms with Crippen molar-refractivity contribution in [1.82, 2.24) is 10.6 Å². The molecule has 0 bridgehead atoms. The van der Waals surface area contributed by atoms with Crippen molar-refractivity contribution in [1.29, 1.82) is 0 Å². The summed E-state index contributed by atoms with van der Waals surface area (Å²) in [5.41, 5.74) is 0.261. The van der Waals surface area contributed by atoms with Crippen LogP contribution in [0.5, 0.6) is 0 Å². The average molecular weight is 314 g/mol. The maximum Gasteiger partial charge on any atom is 0.407 e. The number of amides is 1. The van der Waals surface area contributed by atoms with Crippen LogP contribution in [0.3, 0.4) is 0 Å². The summed E-state index contributed by atoms with van der Waals surface area (Å²) in [5, 5.41) is 5.83. The van der Waals surface area contributed by atoms with Gasteiger partial charge in [-0.3, -0.25) is 0 Å². The maximum absolute atomic E-state index is 12.6. The second-order valence-electron chi connectivity index (χ2n) is 6.21. The zero-order valence-corrected chi connectivity index (χ0v) is 13.5. The summed E-state index contributed by atoms with van der Waals surface area (Å²) in [6.45, 7) is 8.13. The van der Waals surface area contributed by atoms with Crippen molar-refractivity contribution in [2.24, 2.45) is 0 Å². The molecule has 1 aromatic carbocycles.